The van der Waals surface area contributed by atoms with E-state index in [1.165, 1.54) is 12.1 Å². The molecule has 0 heterocycles. The molecule has 2 rings (SSSR count). The van der Waals surface area contributed by atoms with Crippen LogP contribution in [0.5, 0.6) is 0 Å². The zero-order valence-electron chi connectivity index (χ0n) is 10.3. The van der Waals surface area contributed by atoms with Crippen LogP contribution in [0.2, 0.25) is 0 Å². The molecule has 0 aromatic heterocycles. The molecule has 21 heavy (non-hydrogen) atoms. The van der Waals surface area contributed by atoms with Gasteiger partial charge >= 0.3 is 6.18 Å². The van der Waals surface area contributed by atoms with Gasteiger partial charge in [-0.2, -0.15) is 13.2 Å². The van der Waals surface area contributed by atoms with Crippen molar-refractivity contribution >= 4 is 47.8 Å². The molecule has 0 aliphatic rings. The number of aliphatic hydroxyl groups excluding tert-OH is 1. The maximum atomic E-state index is 13.1. The minimum atomic E-state index is -4.54. The summed E-state index contributed by atoms with van der Waals surface area (Å²) >= 11 is 9.51. The van der Waals surface area contributed by atoms with E-state index in [0.717, 1.165) is 6.07 Å². The lowest BCUT2D eigenvalue weighted by Gasteiger charge is -2.19. The highest BCUT2D eigenvalue weighted by atomic mass is 79.9. The van der Waals surface area contributed by atoms with Crippen molar-refractivity contribution in [3.63, 3.8) is 0 Å². The van der Waals surface area contributed by atoms with Gasteiger partial charge in [0.25, 0.3) is 0 Å². The minimum Gasteiger partial charge on any atom is -0.384 e. The van der Waals surface area contributed by atoms with Crippen molar-refractivity contribution in [2.24, 2.45) is 0 Å². The van der Waals surface area contributed by atoms with Crippen molar-refractivity contribution in [3.8, 4) is 0 Å². The second-order valence-corrected chi connectivity index (χ2v) is 6.98. The standard InChI is InChI=1S/C14H8Br3F3O/c15-7-2-4-12(17)10(5-7)13(21)9-3-1-8(16)6-11(9)14(18,19)20/h1-6,13,21H. The van der Waals surface area contributed by atoms with Crippen molar-refractivity contribution in [2.45, 2.75) is 12.3 Å². The SMILES string of the molecule is OC(c1cc(Br)ccc1Br)c1ccc(Br)cc1C(F)(F)F. The van der Waals surface area contributed by atoms with Gasteiger partial charge in [-0.15, -0.1) is 0 Å². The molecular weight excluding hydrogens is 481 g/mol. The number of rotatable bonds is 2. The van der Waals surface area contributed by atoms with E-state index >= 15 is 0 Å². The maximum Gasteiger partial charge on any atom is 0.416 e. The van der Waals surface area contributed by atoms with Crippen LogP contribution in [0.15, 0.2) is 49.8 Å². The number of alkyl halides is 3. The van der Waals surface area contributed by atoms with E-state index < -0.39 is 17.8 Å². The van der Waals surface area contributed by atoms with Gasteiger partial charge in [0.2, 0.25) is 0 Å². The molecule has 0 saturated carbocycles. The molecule has 0 aliphatic heterocycles. The molecule has 7 heteroatoms. The normalized spacial score (nSPS) is 13.3. The lowest BCUT2D eigenvalue weighted by Crippen LogP contribution is -2.13. The summed E-state index contributed by atoms with van der Waals surface area (Å²) in [6.07, 6.45) is -5.93. The Bertz CT molecular complexity index is 671. The summed E-state index contributed by atoms with van der Waals surface area (Å²) in [4.78, 5) is 0. The minimum absolute atomic E-state index is 0.190. The Morgan fingerprint density at radius 3 is 2.05 bits per heavy atom. The number of aliphatic hydroxyl groups is 1. The highest BCUT2D eigenvalue weighted by Gasteiger charge is 2.35. The number of hydrogen-bond acceptors (Lipinski definition) is 1. The van der Waals surface area contributed by atoms with Crippen LogP contribution in [0.3, 0.4) is 0 Å². The largest absolute Gasteiger partial charge is 0.416 e. The summed E-state index contributed by atoms with van der Waals surface area (Å²) in [6.45, 7) is 0. The van der Waals surface area contributed by atoms with E-state index in [-0.39, 0.29) is 5.56 Å². The Kier molecular flexibility index (Phi) is 5.18. The third-order valence-electron chi connectivity index (χ3n) is 2.87. The van der Waals surface area contributed by atoms with Crippen LogP contribution in [0.25, 0.3) is 0 Å². The Balaban J connectivity index is 2.58. The summed E-state index contributed by atoms with van der Waals surface area (Å²) in [5, 5.41) is 10.4. The summed E-state index contributed by atoms with van der Waals surface area (Å²) < 4.78 is 40.9. The average molecular weight is 489 g/mol. The van der Waals surface area contributed by atoms with Crippen LogP contribution >= 0.6 is 47.8 Å². The van der Waals surface area contributed by atoms with E-state index in [2.05, 4.69) is 47.8 Å². The topological polar surface area (TPSA) is 20.2 Å². The van der Waals surface area contributed by atoms with Gasteiger partial charge in [-0.3, -0.25) is 0 Å². The Hall–Kier alpha value is -0.370. The van der Waals surface area contributed by atoms with Crippen molar-refractivity contribution in [1.82, 2.24) is 0 Å². The first-order valence-electron chi connectivity index (χ1n) is 5.70. The molecule has 0 saturated heterocycles. The second kappa shape index (κ2) is 6.40. The van der Waals surface area contributed by atoms with Crippen molar-refractivity contribution in [1.29, 1.82) is 0 Å². The molecule has 0 amide bonds. The Labute approximate surface area is 144 Å². The smallest absolute Gasteiger partial charge is 0.384 e. The van der Waals surface area contributed by atoms with Gasteiger partial charge in [0.05, 0.1) is 5.56 Å². The Morgan fingerprint density at radius 2 is 1.43 bits per heavy atom. The predicted octanol–water partition coefficient (Wildman–Crippen LogP) is 6.07. The van der Waals surface area contributed by atoms with Crippen LogP contribution in [-0.4, -0.2) is 5.11 Å². The first-order valence-corrected chi connectivity index (χ1v) is 8.07. The third-order valence-corrected chi connectivity index (χ3v) is 4.58. The van der Waals surface area contributed by atoms with E-state index in [9.17, 15) is 18.3 Å². The summed E-state index contributed by atoms with van der Waals surface area (Å²) in [6, 6.07) is 8.67. The van der Waals surface area contributed by atoms with E-state index in [1.54, 1.807) is 18.2 Å². The third kappa shape index (κ3) is 3.88. The number of halogens is 6. The lowest BCUT2D eigenvalue weighted by atomic mass is 9.96. The summed E-state index contributed by atoms with van der Waals surface area (Å²) in [5.74, 6) is 0. The Morgan fingerprint density at radius 1 is 0.857 bits per heavy atom. The van der Waals surface area contributed by atoms with Crippen molar-refractivity contribution in [2.75, 3.05) is 0 Å². The molecule has 0 aliphatic carbocycles. The van der Waals surface area contributed by atoms with Crippen LogP contribution in [-0.2, 0) is 6.18 Å². The maximum absolute atomic E-state index is 13.1. The fourth-order valence-electron chi connectivity index (χ4n) is 1.90. The summed E-state index contributed by atoms with van der Waals surface area (Å²) in [5.41, 5.74) is -0.696. The quantitative estimate of drug-likeness (QED) is 0.543. The molecule has 2 aromatic carbocycles. The zero-order valence-corrected chi connectivity index (χ0v) is 15.0. The van der Waals surface area contributed by atoms with Gasteiger partial charge in [0, 0.05) is 19.0 Å². The number of hydrogen-bond donors (Lipinski definition) is 1. The molecule has 0 bridgehead atoms. The highest BCUT2D eigenvalue weighted by Crippen LogP contribution is 2.39. The first kappa shape index (κ1) is 17.0. The van der Waals surface area contributed by atoms with Gasteiger partial charge in [-0.05, 0) is 35.9 Å². The van der Waals surface area contributed by atoms with Crippen LogP contribution in [0.1, 0.15) is 22.8 Å². The van der Waals surface area contributed by atoms with Crippen LogP contribution in [0, 0.1) is 0 Å². The first-order chi connectivity index (χ1) is 9.70. The van der Waals surface area contributed by atoms with Crippen molar-refractivity contribution in [3.05, 3.63) is 66.5 Å². The molecule has 1 unspecified atom stereocenters. The summed E-state index contributed by atoms with van der Waals surface area (Å²) in [7, 11) is 0. The molecule has 0 spiro atoms. The van der Waals surface area contributed by atoms with E-state index in [1.807, 2.05) is 0 Å². The molecule has 1 N–H and O–H groups in total. The highest BCUT2D eigenvalue weighted by molar-refractivity contribution is 9.11. The molecule has 0 fully saturated rings. The predicted molar refractivity (Wildman–Crippen MR) is 85.0 cm³/mol. The van der Waals surface area contributed by atoms with Gasteiger partial charge in [0.15, 0.2) is 0 Å². The fourth-order valence-corrected chi connectivity index (χ4v) is 3.11. The molecule has 1 atom stereocenters. The van der Waals surface area contributed by atoms with E-state index in [0.29, 0.717) is 19.0 Å². The molecule has 1 nitrogen and oxygen atoms in total. The molecule has 112 valence electrons. The monoisotopic (exact) mass is 486 g/mol. The van der Waals surface area contributed by atoms with Gasteiger partial charge in [-0.25, -0.2) is 0 Å². The van der Waals surface area contributed by atoms with Crippen molar-refractivity contribution < 1.29 is 18.3 Å². The molecule has 2 aromatic rings. The lowest BCUT2D eigenvalue weighted by molar-refractivity contribution is -0.139. The van der Waals surface area contributed by atoms with E-state index in [4.69, 9.17) is 0 Å². The van der Waals surface area contributed by atoms with Crippen LogP contribution < -0.4 is 0 Å². The number of benzene rings is 2. The molecular formula is C14H8Br3F3O. The fraction of sp³-hybridized carbons (Fsp3) is 0.143. The van der Waals surface area contributed by atoms with Gasteiger partial charge < -0.3 is 5.11 Å². The zero-order chi connectivity index (χ0) is 15.8. The van der Waals surface area contributed by atoms with Gasteiger partial charge in [0.1, 0.15) is 6.10 Å². The van der Waals surface area contributed by atoms with Gasteiger partial charge in [-0.1, -0.05) is 53.9 Å². The molecule has 0 radical (unpaired) electrons. The average Bonchev–Trinajstić information content (AvgIpc) is 2.40. The van der Waals surface area contributed by atoms with Crippen LogP contribution in [0.4, 0.5) is 13.2 Å². The second-order valence-electron chi connectivity index (χ2n) is 4.30.